The van der Waals surface area contributed by atoms with Gasteiger partial charge in [0.1, 0.15) is 0 Å². The summed E-state index contributed by atoms with van der Waals surface area (Å²) in [5.74, 6) is -0.901. The van der Waals surface area contributed by atoms with Crippen LogP contribution in [0.1, 0.15) is 142 Å². The molecule has 0 aliphatic heterocycles. The molecule has 0 heterocycles. The fourth-order valence-electron chi connectivity index (χ4n) is 3.52. The molecule has 0 aromatic carbocycles. The van der Waals surface area contributed by atoms with Crippen molar-refractivity contribution in [2.75, 3.05) is 0 Å². The molecule has 0 rings (SSSR count). The van der Waals surface area contributed by atoms with Gasteiger partial charge in [-0.15, -0.1) is 0 Å². The topological polar surface area (TPSA) is 40.1 Å². The van der Waals surface area contributed by atoms with Gasteiger partial charge in [0.2, 0.25) is 0 Å². The van der Waals surface area contributed by atoms with Gasteiger partial charge in [-0.2, -0.15) is 0 Å². The van der Waals surface area contributed by atoms with Crippen LogP contribution in [0.2, 0.25) is 0 Å². The molecule has 0 bridgehead atoms. The average Bonchev–Trinajstić information content (AvgIpc) is 2.60. The molecule has 0 amide bonds. The Hall–Kier alpha value is 0.210. The molecule has 0 saturated heterocycles. The molecule has 0 N–H and O–H groups in total. The molecule has 0 fully saturated rings. The predicted molar refractivity (Wildman–Crippen MR) is 108 cm³/mol. The Bertz CT molecular complexity index is 269. The van der Waals surface area contributed by atoms with Crippen molar-refractivity contribution in [3.63, 3.8) is 0 Å². The Kier molecular flexibility index (Phi) is 27.6. The maximum atomic E-state index is 10.3. The van der Waals surface area contributed by atoms with Gasteiger partial charge in [0.15, 0.2) is 0 Å². The first-order valence-corrected chi connectivity index (χ1v) is 11.5. The third-order valence-corrected chi connectivity index (χ3v) is 5.23. The summed E-state index contributed by atoms with van der Waals surface area (Å²) in [6.07, 6.45) is 27.2. The molecular weight excluding hydrogens is 416 g/mol. The third-order valence-electron chi connectivity index (χ3n) is 5.23. The molecule has 0 aromatic rings. The maximum Gasteiger partial charge on any atom is 1.00 e. The Morgan fingerprint density at radius 2 is 0.731 bits per heavy atom. The second-order valence-electron chi connectivity index (χ2n) is 7.84. The van der Waals surface area contributed by atoms with Crippen LogP contribution in [-0.2, 0) is 27.2 Å². The van der Waals surface area contributed by atoms with Gasteiger partial charge in [-0.05, 0) is 12.8 Å². The molecule has 2 nitrogen and oxygen atoms in total. The van der Waals surface area contributed by atoms with E-state index in [4.69, 9.17) is 0 Å². The number of carbonyl (C=O) groups excluding carboxylic acids is 1. The smallest absolute Gasteiger partial charge is 0.550 e. The van der Waals surface area contributed by atoms with Gasteiger partial charge in [0, 0.05) is 5.97 Å². The van der Waals surface area contributed by atoms with E-state index in [1.165, 1.54) is 116 Å². The second-order valence-corrected chi connectivity index (χ2v) is 7.84. The van der Waals surface area contributed by atoms with Crippen LogP contribution in [0.15, 0.2) is 0 Å². The summed E-state index contributed by atoms with van der Waals surface area (Å²) < 4.78 is 0. The van der Waals surface area contributed by atoms with Gasteiger partial charge in [-0.25, -0.2) is 0 Å². The van der Waals surface area contributed by atoms with E-state index >= 15 is 0 Å². The van der Waals surface area contributed by atoms with Crippen LogP contribution in [0.3, 0.4) is 0 Å². The molecule has 0 aromatic heterocycles. The van der Waals surface area contributed by atoms with Crippen molar-refractivity contribution in [2.24, 2.45) is 0 Å². The number of rotatable bonds is 21. The quantitative estimate of drug-likeness (QED) is 0.137. The number of hydrogen-bond acceptors (Lipinski definition) is 2. The molecular formula is C23H45AgO2. The monoisotopic (exact) mass is 460 g/mol. The summed E-state index contributed by atoms with van der Waals surface area (Å²) >= 11 is 0. The first-order chi connectivity index (χ1) is 12.3. The van der Waals surface area contributed by atoms with E-state index < -0.39 is 5.97 Å². The molecule has 3 heteroatoms. The van der Waals surface area contributed by atoms with E-state index in [-0.39, 0.29) is 28.8 Å². The summed E-state index contributed by atoms with van der Waals surface area (Å²) in [4.78, 5) is 10.3. The molecule has 0 radical (unpaired) electrons. The molecule has 0 saturated carbocycles. The molecule has 0 aliphatic carbocycles. The van der Waals surface area contributed by atoms with Crippen molar-refractivity contribution < 1.29 is 32.3 Å². The average molecular weight is 461 g/mol. The molecule has 26 heavy (non-hydrogen) atoms. The summed E-state index contributed by atoms with van der Waals surface area (Å²) in [7, 11) is 0. The largest absolute Gasteiger partial charge is 1.00 e. The van der Waals surface area contributed by atoms with Crippen molar-refractivity contribution in [2.45, 2.75) is 142 Å². The molecule has 160 valence electrons. The minimum absolute atomic E-state index is 0. The van der Waals surface area contributed by atoms with Crippen LogP contribution in [-0.4, -0.2) is 5.97 Å². The van der Waals surface area contributed by atoms with Crippen LogP contribution >= 0.6 is 0 Å². The van der Waals surface area contributed by atoms with Crippen molar-refractivity contribution in [1.82, 2.24) is 0 Å². The fourth-order valence-corrected chi connectivity index (χ4v) is 3.52. The minimum Gasteiger partial charge on any atom is -0.550 e. The minimum atomic E-state index is -0.901. The van der Waals surface area contributed by atoms with Crippen LogP contribution in [0.4, 0.5) is 0 Å². The van der Waals surface area contributed by atoms with Crippen molar-refractivity contribution in [3.05, 3.63) is 0 Å². The summed E-state index contributed by atoms with van der Waals surface area (Å²) in [6.45, 7) is 2.28. The summed E-state index contributed by atoms with van der Waals surface area (Å²) in [6, 6.07) is 0. The first kappa shape index (κ1) is 28.4. The van der Waals surface area contributed by atoms with Crippen LogP contribution < -0.4 is 5.11 Å². The second kappa shape index (κ2) is 25.2. The normalized spacial score (nSPS) is 10.7. The Labute approximate surface area is 179 Å². The van der Waals surface area contributed by atoms with E-state index in [0.29, 0.717) is 0 Å². The Balaban J connectivity index is 0. The standard InChI is InChI=1S/C23H46O2.Ag/c1-2-3-4-5-6-7-8-9-10-11-12-13-14-15-16-17-18-19-20-21-22-23(24)25;/h2-22H2,1H3,(H,24,25);/q;+1/p-1. The number of hydrogen-bond donors (Lipinski definition) is 0. The van der Waals surface area contributed by atoms with E-state index in [0.717, 1.165) is 12.8 Å². The zero-order chi connectivity index (χ0) is 18.4. The number of carboxylic acid groups (broad SMARTS) is 1. The van der Waals surface area contributed by atoms with Crippen molar-refractivity contribution in [1.29, 1.82) is 0 Å². The third kappa shape index (κ3) is 26.4. The van der Waals surface area contributed by atoms with Crippen molar-refractivity contribution >= 4 is 5.97 Å². The van der Waals surface area contributed by atoms with Gasteiger partial charge in [-0.3, -0.25) is 0 Å². The summed E-state index contributed by atoms with van der Waals surface area (Å²) in [5.41, 5.74) is 0. The van der Waals surface area contributed by atoms with E-state index in [2.05, 4.69) is 6.92 Å². The van der Waals surface area contributed by atoms with Gasteiger partial charge >= 0.3 is 22.4 Å². The molecule has 0 atom stereocenters. The number of carbonyl (C=O) groups is 1. The van der Waals surface area contributed by atoms with Gasteiger partial charge in [0.05, 0.1) is 0 Å². The maximum absolute atomic E-state index is 10.3. The van der Waals surface area contributed by atoms with E-state index in [9.17, 15) is 9.90 Å². The zero-order valence-electron chi connectivity index (χ0n) is 17.5. The van der Waals surface area contributed by atoms with Crippen LogP contribution in [0.5, 0.6) is 0 Å². The molecule has 0 spiro atoms. The Morgan fingerprint density at radius 3 is 0.962 bits per heavy atom. The Morgan fingerprint density at radius 1 is 0.500 bits per heavy atom. The number of unbranched alkanes of at least 4 members (excludes halogenated alkanes) is 19. The summed E-state index contributed by atoms with van der Waals surface area (Å²) in [5, 5.41) is 10.3. The SMILES string of the molecule is CCCCCCCCCCCCCCCCCCCCCCC(=O)[O-].[Ag+]. The molecule has 0 unspecified atom stereocenters. The van der Waals surface area contributed by atoms with E-state index in [1.54, 1.807) is 0 Å². The first-order valence-electron chi connectivity index (χ1n) is 11.5. The predicted octanol–water partition coefficient (Wildman–Crippen LogP) is 6.95. The van der Waals surface area contributed by atoms with Gasteiger partial charge in [0.25, 0.3) is 0 Å². The fraction of sp³-hybridized carbons (Fsp3) is 0.957. The molecule has 0 aliphatic rings. The van der Waals surface area contributed by atoms with E-state index in [1.807, 2.05) is 0 Å². The number of carboxylic acids is 1. The van der Waals surface area contributed by atoms with Gasteiger partial charge < -0.3 is 9.90 Å². The zero-order valence-corrected chi connectivity index (χ0v) is 18.9. The van der Waals surface area contributed by atoms with Crippen LogP contribution in [0, 0.1) is 0 Å². The van der Waals surface area contributed by atoms with Gasteiger partial charge in [-0.1, -0.05) is 129 Å². The van der Waals surface area contributed by atoms with Crippen LogP contribution in [0.25, 0.3) is 0 Å². The van der Waals surface area contributed by atoms with Crippen molar-refractivity contribution in [3.8, 4) is 0 Å². The number of aliphatic carboxylic acids is 1.